The maximum absolute atomic E-state index is 12.6. The molecule has 30 heavy (non-hydrogen) atoms. The van der Waals surface area contributed by atoms with E-state index in [4.69, 9.17) is 0 Å². The predicted molar refractivity (Wildman–Crippen MR) is 123 cm³/mol. The molecule has 0 spiro atoms. The Labute approximate surface area is 182 Å². The standard InChI is InChI=1S/C24H30N4OS/c29-24(23-10-4-13-28(23)20-22-9-5-18-30-22)25-11-6-12-26-14-16-27(17-15-26)19-21-7-2-1-3-8-21/h1-5,7-10,13,18H,6,11-12,14-17,19-20H2,(H,25,29). The number of hydrogen-bond acceptors (Lipinski definition) is 4. The molecule has 2 aromatic heterocycles. The number of benzene rings is 1. The quantitative estimate of drug-likeness (QED) is 0.536. The highest BCUT2D eigenvalue weighted by atomic mass is 32.1. The normalized spacial score (nSPS) is 15.3. The first-order valence-electron chi connectivity index (χ1n) is 10.7. The fourth-order valence-electron chi connectivity index (χ4n) is 3.94. The third-order valence-electron chi connectivity index (χ3n) is 5.62. The molecule has 1 fully saturated rings. The van der Waals surface area contributed by atoms with E-state index < -0.39 is 0 Å². The number of piperazine rings is 1. The molecular weight excluding hydrogens is 392 g/mol. The van der Waals surface area contributed by atoms with E-state index >= 15 is 0 Å². The molecule has 3 heterocycles. The highest BCUT2D eigenvalue weighted by Gasteiger charge is 2.17. The number of thiophene rings is 1. The third-order valence-corrected chi connectivity index (χ3v) is 6.48. The highest BCUT2D eigenvalue weighted by molar-refractivity contribution is 7.09. The van der Waals surface area contributed by atoms with Crippen LogP contribution in [0.3, 0.4) is 0 Å². The van der Waals surface area contributed by atoms with Crippen molar-refractivity contribution < 1.29 is 4.79 Å². The van der Waals surface area contributed by atoms with Gasteiger partial charge in [0.15, 0.2) is 0 Å². The molecule has 5 nitrogen and oxygen atoms in total. The summed E-state index contributed by atoms with van der Waals surface area (Å²) in [5.74, 6) is 0.0178. The summed E-state index contributed by atoms with van der Waals surface area (Å²) in [6.07, 6.45) is 2.96. The number of nitrogens with zero attached hydrogens (tertiary/aromatic N) is 3. The second-order valence-electron chi connectivity index (χ2n) is 7.81. The number of carbonyl (C=O) groups is 1. The summed E-state index contributed by atoms with van der Waals surface area (Å²) in [5, 5.41) is 5.16. The largest absolute Gasteiger partial charge is 0.351 e. The van der Waals surface area contributed by atoms with Crippen molar-refractivity contribution in [2.24, 2.45) is 0 Å². The summed E-state index contributed by atoms with van der Waals surface area (Å²) in [7, 11) is 0. The molecule has 1 amide bonds. The second-order valence-corrected chi connectivity index (χ2v) is 8.85. The summed E-state index contributed by atoms with van der Waals surface area (Å²) in [6.45, 7) is 7.96. The monoisotopic (exact) mass is 422 g/mol. The van der Waals surface area contributed by atoms with Crippen LogP contribution >= 0.6 is 11.3 Å². The van der Waals surface area contributed by atoms with Gasteiger partial charge in [-0.25, -0.2) is 0 Å². The molecule has 158 valence electrons. The number of amides is 1. The van der Waals surface area contributed by atoms with Crippen LogP contribution in [0.1, 0.15) is 27.3 Å². The molecule has 6 heteroatoms. The van der Waals surface area contributed by atoms with E-state index in [1.165, 1.54) is 10.4 Å². The van der Waals surface area contributed by atoms with Gasteiger partial charge < -0.3 is 14.8 Å². The molecule has 0 aliphatic carbocycles. The smallest absolute Gasteiger partial charge is 0.267 e. The molecule has 1 aliphatic rings. The van der Waals surface area contributed by atoms with Gasteiger partial charge in [-0.2, -0.15) is 0 Å². The van der Waals surface area contributed by atoms with E-state index in [0.29, 0.717) is 6.54 Å². The first-order chi connectivity index (χ1) is 14.8. The van der Waals surface area contributed by atoms with Crippen molar-refractivity contribution in [1.82, 2.24) is 19.7 Å². The van der Waals surface area contributed by atoms with Crippen LogP contribution in [0.25, 0.3) is 0 Å². The summed E-state index contributed by atoms with van der Waals surface area (Å²) in [4.78, 5) is 18.9. The number of nitrogens with one attached hydrogen (secondary N) is 1. The molecule has 1 aliphatic heterocycles. The van der Waals surface area contributed by atoms with E-state index in [9.17, 15) is 4.79 Å². The number of rotatable bonds is 9. The van der Waals surface area contributed by atoms with Gasteiger partial charge in [0.2, 0.25) is 0 Å². The SMILES string of the molecule is O=C(NCCCN1CCN(Cc2ccccc2)CC1)c1cccn1Cc1cccs1. The maximum Gasteiger partial charge on any atom is 0.267 e. The van der Waals surface area contributed by atoms with Gasteiger partial charge in [0.05, 0.1) is 6.54 Å². The van der Waals surface area contributed by atoms with Crippen LogP contribution in [0.2, 0.25) is 0 Å². The Balaban J connectivity index is 1.14. The van der Waals surface area contributed by atoms with Gasteiger partial charge in [0.25, 0.3) is 5.91 Å². The molecule has 0 unspecified atom stereocenters. The maximum atomic E-state index is 12.6. The molecular formula is C24H30N4OS. The van der Waals surface area contributed by atoms with Crippen LogP contribution in [0.15, 0.2) is 66.2 Å². The van der Waals surface area contributed by atoms with Gasteiger partial charge in [0.1, 0.15) is 5.69 Å². The van der Waals surface area contributed by atoms with Crippen LogP contribution in [0.4, 0.5) is 0 Å². The average molecular weight is 423 g/mol. The highest BCUT2D eigenvalue weighted by Crippen LogP contribution is 2.13. The molecule has 3 aromatic rings. The predicted octanol–water partition coefficient (Wildman–Crippen LogP) is 3.54. The fourth-order valence-corrected chi connectivity index (χ4v) is 4.64. The summed E-state index contributed by atoms with van der Waals surface area (Å²) >= 11 is 1.72. The second kappa shape index (κ2) is 10.6. The molecule has 4 rings (SSSR count). The van der Waals surface area contributed by atoms with Crippen LogP contribution in [0.5, 0.6) is 0 Å². The Morgan fingerprint density at radius 2 is 1.70 bits per heavy atom. The van der Waals surface area contributed by atoms with E-state index in [-0.39, 0.29) is 5.91 Å². The van der Waals surface area contributed by atoms with Crippen LogP contribution in [-0.4, -0.2) is 59.5 Å². The molecule has 0 bridgehead atoms. The Bertz CT molecular complexity index is 898. The minimum Gasteiger partial charge on any atom is -0.351 e. The Morgan fingerprint density at radius 1 is 0.900 bits per heavy atom. The first kappa shape index (κ1) is 20.8. The number of hydrogen-bond donors (Lipinski definition) is 1. The Hall–Kier alpha value is -2.41. The lowest BCUT2D eigenvalue weighted by Crippen LogP contribution is -2.46. The third kappa shape index (κ3) is 5.81. The summed E-state index contributed by atoms with van der Waals surface area (Å²) in [6, 6.07) is 18.7. The van der Waals surface area contributed by atoms with Crippen molar-refractivity contribution in [3.8, 4) is 0 Å². The molecule has 0 radical (unpaired) electrons. The average Bonchev–Trinajstić information content (AvgIpc) is 3.46. The minimum atomic E-state index is 0.0178. The zero-order chi connectivity index (χ0) is 20.6. The van der Waals surface area contributed by atoms with Crippen LogP contribution < -0.4 is 5.32 Å². The molecule has 0 atom stereocenters. The number of carbonyl (C=O) groups excluding carboxylic acids is 1. The van der Waals surface area contributed by atoms with Crippen molar-refractivity contribution in [2.75, 3.05) is 39.3 Å². The van der Waals surface area contributed by atoms with Gasteiger partial charge in [-0.05, 0) is 42.1 Å². The van der Waals surface area contributed by atoms with Crippen molar-refractivity contribution in [3.05, 3.63) is 82.3 Å². The van der Waals surface area contributed by atoms with Crippen LogP contribution in [0, 0.1) is 0 Å². The van der Waals surface area contributed by atoms with Crippen molar-refractivity contribution in [3.63, 3.8) is 0 Å². The lowest BCUT2D eigenvalue weighted by atomic mass is 10.2. The van der Waals surface area contributed by atoms with E-state index in [1.807, 2.05) is 29.0 Å². The van der Waals surface area contributed by atoms with E-state index in [2.05, 4.69) is 56.9 Å². The summed E-state index contributed by atoms with van der Waals surface area (Å²) in [5.41, 5.74) is 2.12. The fraction of sp³-hybridized carbons (Fsp3) is 0.375. The van der Waals surface area contributed by atoms with Crippen molar-refractivity contribution in [1.29, 1.82) is 0 Å². The molecule has 1 N–H and O–H groups in total. The van der Waals surface area contributed by atoms with E-state index in [1.54, 1.807) is 11.3 Å². The van der Waals surface area contributed by atoms with Gasteiger partial charge in [-0.1, -0.05) is 36.4 Å². The Kier molecular flexibility index (Phi) is 7.34. The van der Waals surface area contributed by atoms with Crippen LogP contribution in [-0.2, 0) is 13.1 Å². The first-order valence-corrected chi connectivity index (χ1v) is 11.6. The molecule has 0 saturated carbocycles. The lowest BCUT2D eigenvalue weighted by molar-refractivity contribution is 0.0938. The number of aromatic nitrogens is 1. The summed E-state index contributed by atoms with van der Waals surface area (Å²) < 4.78 is 2.02. The Morgan fingerprint density at radius 3 is 2.47 bits per heavy atom. The molecule has 1 aromatic carbocycles. The zero-order valence-corrected chi connectivity index (χ0v) is 18.2. The molecule has 1 saturated heterocycles. The zero-order valence-electron chi connectivity index (χ0n) is 17.4. The van der Waals surface area contributed by atoms with Gasteiger partial charge in [-0.3, -0.25) is 9.69 Å². The van der Waals surface area contributed by atoms with Gasteiger partial charge >= 0.3 is 0 Å². The minimum absolute atomic E-state index is 0.0178. The van der Waals surface area contributed by atoms with Gasteiger partial charge in [-0.15, -0.1) is 11.3 Å². The van der Waals surface area contributed by atoms with Gasteiger partial charge in [0, 0.05) is 50.3 Å². The topological polar surface area (TPSA) is 40.5 Å². The van der Waals surface area contributed by atoms with Crippen molar-refractivity contribution >= 4 is 17.2 Å². The lowest BCUT2D eigenvalue weighted by Gasteiger charge is -2.34. The van der Waals surface area contributed by atoms with Crippen molar-refractivity contribution in [2.45, 2.75) is 19.5 Å². The van der Waals surface area contributed by atoms with E-state index in [0.717, 1.165) is 57.9 Å².